The van der Waals surface area contributed by atoms with E-state index in [2.05, 4.69) is 0 Å². The van der Waals surface area contributed by atoms with Crippen molar-refractivity contribution in [1.82, 2.24) is 3.97 Å². The van der Waals surface area contributed by atoms with Gasteiger partial charge in [0.25, 0.3) is 10.0 Å². The Bertz CT molecular complexity index is 1150. The van der Waals surface area contributed by atoms with Crippen molar-refractivity contribution in [3.8, 4) is 0 Å². The number of aromatic nitrogens is 1. The molecular weight excluding hydrogens is 399 g/mol. The van der Waals surface area contributed by atoms with Crippen molar-refractivity contribution in [3.05, 3.63) is 64.3 Å². The molecule has 0 saturated heterocycles. The van der Waals surface area contributed by atoms with Crippen LogP contribution in [0.15, 0.2) is 47.4 Å². The first-order chi connectivity index (χ1) is 12.7. The first-order valence-corrected chi connectivity index (χ1v) is 10.3. The van der Waals surface area contributed by atoms with Crippen LogP contribution in [0.2, 0.25) is 5.02 Å². The molecule has 0 radical (unpaired) electrons. The molecule has 0 bridgehead atoms. The average molecular weight is 414 g/mol. The average Bonchev–Trinajstić information content (AvgIpc) is 2.95. The summed E-state index contributed by atoms with van der Waals surface area (Å²) in [5, 5.41) is 1.23. The fourth-order valence-electron chi connectivity index (χ4n) is 3.69. The van der Waals surface area contributed by atoms with Crippen molar-refractivity contribution in [2.75, 3.05) is 0 Å². The van der Waals surface area contributed by atoms with Crippen LogP contribution in [0.1, 0.15) is 29.7 Å². The van der Waals surface area contributed by atoms with Gasteiger partial charge in [-0.15, -0.1) is 0 Å². The Labute approximate surface area is 159 Å². The molecule has 0 spiro atoms. The zero-order valence-electron chi connectivity index (χ0n) is 14.1. The second-order valence-electron chi connectivity index (χ2n) is 6.59. The minimum atomic E-state index is -4.61. The summed E-state index contributed by atoms with van der Waals surface area (Å²) in [5.74, 6) is 0. The number of hydrogen-bond acceptors (Lipinski definition) is 2. The maximum absolute atomic E-state index is 13.3. The summed E-state index contributed by atoms with van der Waals surface area (Å²) in [6, 6.07) is 8.79. The molecule has 1 aliphatic carbocycles. The smallest absolute Gasteiger partial charge is 0.238 e. The topological polar surface area (TPSA) is 39.1 Å². The molecular formula is C19H15ClF3NO2S. The second kappa shape index (κ2) is 6.27. The Morgan fingerprint density at radius 2 is 1.74 bits per heavy atom. The number of benzene rings is 2. The SMILES string of the molecule is O=S(=O)(c1cccc(C(F)(F)F)c1)n1c2c(c3cc(Cl)ccc31)CCCC2. The van der Waals surface area contributed by atoms with E-state index in [0.717, 1.165) is 42.3 Å². The normalized spacial score (nSPS) is 15.1. The zero-order chi connectivity index (χ0) is 19.4. The van der Waals surface area contributed by atoms with Crippen molar-refractivity contribution in [3.63, 3.8) is 0 Å². The van der Waals surface area contributed by atoms with E-state index in [-0.39, 0.29) is 4.90 Å². The van der Waals surface area contributed by atoms with Gasteiger partial charge in [0.2, 0.25) is 0 Å². The molecule has 0 saturated carbocycles. The fourth-order valence-corrected chi connectivity index (χ4v) is 5.51. The van der Waals surface area contributed by atoms with Crippen LogP contribution in [0.3, 0.4) is 0 Å². The van der Waals surface area contributed by atoms with Gasteiger partial charge >= 0.3 is 6.18 Å². The van der Waals surface area contributed by atoms with Crippen LogP contribution < -0.4 is 0 Å². The second-order valence-corrected chi connectivity index (χ2v) is 8.81. The number of hydrogen-bond donors (Lipinski definition) is 0. The quantitative estimate of drug-likeness (QED) is 0.562. The molecule has 0 unspecified atom stereocenters. The summed E-state index contributed by atoms with van der Waals surface area (Å²) >= 11 is 6.09. The van der Waals surface area contributed by atoms with Crippen LogP contribution in [-0.2, 0) is 29.0 Å². The van der Waals surface area contributed by atoms with Crippen LogP contribution in [0.25, 0.3) is 10.9 Å². The van der Waals surface area contributed by atoms with Gasteiger partial charge in [-0.1, -0.05) is 17.7 Å². The van der Waals surface area contributed by atoms with E-state index in [0.29, 0.717) is 28.7 Å². The monoisotopic (exact) mass is 413 g/mol. The Kier molecular flexibility index (Phi) is 4.27. The molecule has 1 heterocycles. The molecule has 1 aliphatic rings. The van der Waals surface area contributed by atoms with Gasteiger partial charge in [-0.2, -0.15) is 13.2 Å². The maximum Gasteiger partial charge on any atom is 0.416 e. The van der Waals surface area contributed by atoms with E-state index < -0.39 is 21.8 Å². The molecule has 2 aromatic carbocycles. The molecule has 4 rings (SSSR count). The lowest BCUT2D eigenvalue weighted by Gasteiger charge is -2.17. The summed E-state index contributed by atoms with van der Waals surface area (Å²) in [4.78, 5) is -0.377. The lowest BCUT2D eigenvalue weighted by Crippen LogP contribution is -2.18. The number of fused-ring (bicyclic) bond motifs is 3. The molecule has 27 heavy (non-hydrogen) atoms. The Hall–Kier alpha value is -1.99. The maximum atomic E-state index is 13.3. The summed E-state index contributed by atoms with van der Waals surface area (Å²) in [6.07, 6.45) is -1.58. The van der Waals surface area contributed by atoms with Gasteiger partial charge in [0, 0.05) is 16.1 Å². The molecule has 142 valence electrons. The molecule has 3 aromatic rings. The van der Waals surface area contributed by atoms with Gasteiger partial charge in [0.15, 0.2) is 0 Å². The number of alkyl halides is 3. The van der Waals surface area contributed by atoms with E-state index >= 15 is 0 Å². The van der Waals surface area contributed by atoms with Crippen LogP contribution in [-0.4, -0.2) is 12.4 Å². The number of nitrogens with zero attached hydrogens (tertiary/aromatic N) is 1. The molecule has 8 heteroatoms. The van der Waals surface area contributed by atoms with Gasteiger partial charge in [-0.3, -0.25) is 0 Å². The molecule has 0 fully saturated rings. The standard InChI is InChI=1S/C19H15ClF3NO2S/c20-13-8-9-18-16(11-13)15-6-1-2-7-17(15)24(18)27(25,26)14-5-3-4-12(10-14)19(21,22)23/h3-5,8-11H,1-2,6-7H2. The Morgan fingerprint density at radius 1 is 1.00 bits per heavy atom. The van der Waals surface area contributed by atoms with Gasteiger partial charge in [-0.25, -0.2) is 12.4 Å². The minimum Gasteiger partial charge on any atom is -0.238 e. The van der Waals surface area contributed by atoms with Crippen molar-refractivity contribution < 1.29 is 21.6 Å². The summed E-state index contributed by atoms with van der Waals surface area (Å²) in [6.45, 7) is 0. The highest BCUT2D eigenvalue weighted by Gasteiger charge is 2.33. The first kappa shape index (κ1) is 18.4. The van der Waals surface area contributed by atoms with E-state index in [9.17, 15) is 21.6 Å². The van der Waals surface area contributed by atoms with Crippen molar-refractivity contribution >= 4 is 32.5 Å². The molecule has 0 aliphatic heterocycles. The number of aryl methyl sites for hydroxylation is 1. The predicted octanol–water partition coefficient (Wildman–Crippen LogP) is 5.43. The Morgan fingerprint density at radius 3 is 2.48 bits per heavy atom. The number of rotatable bonds is 2. The third-order valence-electron chi connectivity index (χ3n) is 4.89. The third-order valence-corrected chi connectivity index (χ3v) is 6.87. The van der Waals surface area contributed by atoms with Crippen LogP contribution in [0, 0.1) is 0 Å². The van der Waals surface area contributed by atoms with E-state index in [4.69, 9.17) is 11.6 Å². The summed E-state index contributed by atoms with van der Waals surface area (Å²) in [5.41, 5.74) is 1.01. The summed E-state index contributed by atoms with van der Waals surface area (Å²) < 4.78 is 67.0. The van der Waals surface area contributed by atoms with E-state index in [1.807, 2.05) is 0 Å². The van der Waals surface area contributed by atoms with Gasteiger partial charge in [0.1, 0.15) is 0 Å². The molecule has 0 N–H and O–H groups in total. The third kappa shape index (κ3) is 3.02. The van der Waals surface area contributed by atoms with Crippen molar-refractivity contribution in [1.29, 1.82) is 0 Å². The van der Waals surface area contributed by atoms with E-state index in [1.54, 1.807) is 18.2 Å². The molecule has 1 aromatic heterocycles. The van der Waals surface area contributed by atoms with Crippen LogP contribution in [0.5, 0.6) is 0 Å². The van der Waals surface area contributed by atoms with Gasteiger partial charge < -0.3 is 0 Å². The lowest BCUT2D eigenvalue weighted by molar-refractivity contribution is -0.137. The Balaban J connectivity index is 2.00. The number of halogens is 4. The van der Waals surface area contributed by atoms with Crippen LogP contribution >= 0.6 is 11.6 Å². The van der Waals surface area contributed by atoms with Gasteiger partial charge in [-0.05, 0) is 67.6 Å². The minimum absolute atomic E-state index is 0.377. The van der Waals surface area contributed by atoms with Crippen molar-refractivity contribution in [2.45, 2.75) is 36.8 Å². The van der Waals surface area contributed by atoms with Crippen LogP contribution in [0.4, 0.5) is 13.2 Å². The highest BCUT2D eigenvalue weighted by molar-refractivity contribution is 7.90. The lowest BCUT2D eigenvalue weighted by atomic mass is 9.96. The molecule has 0 amide bonds. The first-order valence-electron chi connectivity index (χ1n) is 8.44. The fraction of sp³-hybridized carbons (Fsp3) is 0.263. The molecule has 3 nitrogen and oxygen atoms in total. The summed E-state index contributed by atoms with van der Waals surface area (Å²) in [7, 11) is -4.19. The van der Waals surface area contributed by atoms with E-state index in [1.165, 1.54) is 10.0 Å². The molecule has 0 atom stereocenters. The zero-order valence-corrected chi connectivity index (χ0v) is 15.6. The van der Waals surface area contributed by atoms with Crippen molar-refractivity contribution in [2.24, 2.45) is 0 Å². The predicted molar refractivity (Wildman–Crippen MR) is 97.6 cm³/mol. The van der Waals surface area contributed by atoms with Gasteiger partial charge in [0.05, 0.1) is 16.0 Å². The highest BCUT2D eigenvalue weighted by atomic mass is 35.5. The highest BCUT2D eigenvalue weighted by Crippen LogP contribution is 2.37. The largest absolute Gasteiger partial charge is 0.416 e.